The van der Waals surface area contributed by atoms with Gasteiger partial charge in [-0.15, -0.1) is 0 Å². The van der Waals surface area contributed by atoms with E-state index in [4.69, 9.17) is 4.52 Å². The van der Waals surface area contributed by atoms with Crippen molar-refractivity contribution in [2.24, 2.45) is 0 Å². The van der Waals surface area contributed by atoms with Crippen molar-refractivity contribution in [1.82, 2.24) is 10.1 Å². The number of amides is 1. The molecule has 0 saturated heterocycles. The van der Waals surface area contributed by atoms with Crippen LogP contribution < -0.4 is 10.6 Å². The van der Waals surface area contributed by atoms with Crippen LogP contribution in [0.5, 0.6) is 0 Å². The lowest BCUT2D eigenvalue weighted by molar-refractivity contribution is 0.102. The molecule has 6 heteroatoms. The van der Waals surface area contributed by atoms with Crippen LogP contribution in [0.2, 0.25) is 0 Å². The van der Waals surface area contributed by atoms with Gasteiger partial charge in [0.1, 0.15) is 11.6 Å². The first-order chi connectivity index (χ1) is 12.4. The third-order valence-corrected chi connectivity index (χ3v) is 4.08. The van der Waals surface area contributed by atoms with E-state index in [1.165, 1.54) is 11.8 Å². The Morgan fingerprint density at radius 1 is 1.12 bits per heavy atom. The standard InChI is InChI=1S/C20H22N4O2/c1-12(2)16-7-5-6-13(3)19(16)22-17-9-8-15(11-21-17)20(25)23-18-10-14(4)26-24-18/h5-12H,1-4H3,(H,21,22)(H,23,24,25). The van der Waals surface area contributed by atoms with Crippen molar-refractivity contribution in [3.63, 3.8) is 0 Å². The molecule has 0 bridgehead atoms. The highest BCUT2D eigenvalue weighted by Gasteiger charge is 2.12. The first-order valence-electron chi connectivity index (χ1n) is 8.51. The predicted molar refractivity (Wildman–Crippen MR) is 102 cm³/mol. The van der Waals surface area contributed by atoms with Crippen molar-refractivity contribution in [2.75, 3.05) is 10.6 Å². The predicted octanol–water partition coefficient (Wildman–Crippen LogP) is 4.81. The minimum absolute atomic E-state index is 0.281. The summed E-state index contributed by atoms with van der Waals surface area (Å²) in [5, 5.41) is 9.80. The Hall–Kier alpha value is -3.15. The molecule has 0 saturated carbocycles. The van der Waals surface area contributed by atoms with Gasteiger partial charge < -0.3 is 15.2 Å². The Bertz CT molecular complexity index is 914. The molecule has 6 nitrogen and oxygen atoms in total. The maximum atomic E-state index is 12.2. The first kappa shape index (κ1) is 17.7. The minimum Gasteiger partial charge on any atom is -0.360 e. The molecule has 0 spiro atoms. The van der Waals surface area contributed by atoms with Gasteiger partial charge in [-0.25, -0.2) is 4.98 Å². The fourth-order valence-corrected chi connectivity index (χ4v) is 2.69. The summed E-state index contributed by atoms with van der Waals surface area (Å²) in [6, 6.07) is 11.4. The molecule has 1 amide bonds. The van der Waals surface area contributed by atoms with Gasteiger partial charge in [0.15, 0.2) is 5.82 Å². The molecular weight excluding hydrogens is 328 g/mol. The highest BCUT2D eigenvalue weighted by molar-refractivity contribution is 6.03. The highest BCUT2D eigenvalue weighted by atomic mass is 16.5. The fraction of sp³-hybridized carbons (Fsp3) is 0.250. The quantitative estimate of drug-likeness (QED) is 0.690. The Labute approximate surface area is 152 Å². The molecule has 0 radical (unpaired) electrons. The Balaban J connectivity index is 1.75. The average molecular weight is 350 g/mol. The van der Waals surface area contributed by atoms with E-state index in [9.17, 15) is 4.79 Å². The number of carbonyl (C=O) groups excluding carboxylic acids is 1. The fourth-order valence-electron chi connectivity index (χ4n) is 2.69. The van der Waals surface area contributed by atoms with Crippen LogP contribution in [-0.4, -0.2) is 16.0 Å². The van der Waals surface area contributed by atoms with Crippen molar-refractivity contribution in [3.8, 4) is 0 Å². The summed E-state index contributed by atoms with van der Waals surface area (Å²) < 4.78 is 4.94. The van der Waals surface area contributed by atoms with Gasteiger partial charge in [0.25, 0.3) is 5.91 Å². The van der Waals surface area contributed by atoms with Gasteiger partial charge in [0.05, 0.1) is 5.56 Å². The van der Waals surface area contributed by atoms with E-state index in [1.807, 2.05) is 0 Å². The number of pyridine rings is 1. The van der Waals surface area contributed by atoms with Crippen LogP contribution in [0.1, 0.15) is 47.0 Å². The Kier molecular flexibility index (Phi) is 5.02. The second kappa shape index (κ2) is 7.39. The summed E-state index contributed by atoms with van der Waals surface area (Å²) in [7, 11) is 0. The van der Waals surface area contributed by atoms with E-state index < -0.39 is 0 Å². The molecule has 0 unspecified atom stereocenters. The van der Waals surface area contributed by atoms with E-state index in [-0.39, 0.29) is 5.91 Å². The molecule has 1 aromatic carbocycles. The second-order valence-electron chi connectivity index (χ2n) is 6.53. The number of nitrogens with one attached hydrogen (secondary N) is 2. The summed E-state index contributed by atoms with van der Waals surface area (Å²) in [4.78, 5) is 16.6. The second-order valence-corrected chi connectivity index (χ2v) is 6.53. The van der Waals surface area contributed by atoms with E-state index in [0.717, 1.165) is 11.3 Å². The average Bonchev–Trinajstić information content (AvgIpc) is 3.02. The summed E-state index contributed by atoms with van der Waals surface area (Å²) in [5.41, 5.74) is 3.89. The smallest absolute Gasteiger partial charge is 0.258 e. The van der Waals surface area contributed by atoms with Crippen LogP contribution in [0.4, 0.5) is 17.3 Å². The van der Waals surface area contributed by atoms with Gasteiger partial charge >= 0.3 is 0 Å². The van der Waals surface area contributed by atoms with Crippen molar-refractivity contribution >= 4 is 23.2 Å². The number of hydrogen-bond acceptors (Lipinski definition) is 5. The van der Waals surface area contributed by atoms with Crippen molar-refractivity contribution in [1.29, 1.82) is 0 Å². The summed E-state index contributed by atoms with van der Waals surface area (Å²) >= 11 is 0. The van der Waals surface area contributed by atoms with Crippen molar-refractivity contribution < 1.29 is 9.32 Å². The molecule has 0 aliphatic carbocycles. The molecule has 26 heavy (non-hydrogen) atoms. The molecule has 2 N–H and O–H groups in total. The van der Waals surface area contributed by atoms with Crippen LogP contribution in [0.15, 0.2) is 47.1 Å². The zero-order valence-corrected chi connectivity index (χ0v) is 15.3. The number of aryl methyl sites for hydroxylation is 2. The highest BCUT2D eigenvalue weighted by Crippen LogP contribution is 2.29. The molecule has 3 rings (SSSR count). The Morgan fingerprint density at radius 2 is 1.92 bits per heavy atom. The SMILES string of the molecule is Cc1cc(NC(=O)c2ccc(Nc3c(C)cccc3C(C)C)nc2)no1. The molecule has 0 aliphatic heterocycles. The maximum absolute atomic E-state index is 12.2. The molecule has 0 fully saturated rings. The lowest BCUT2D eigenvalue weighted by Gasteiger charge is -2.17. The van der Waals surface area contributed by atoms with Crippen LogP contribution in [0, 0.1) is 13.8 Å². The van der Waals surface area contributed by atoms with E-state index in [0.29, 0.717) is 28.9 Å². The third-order valence-electron chi connectivity index (χ3n) is 4.08. The van der Waals surface area contributed by atoms with Crippen LogP contribution in [0.3, 0.4) is 0 Å². The minimum atomic E-state index is -0.281. The summed E-state index contributed by atoms with van der Waals surface area (Å²) in [6.45, 7) is 8.15. The third kappa shape index (κ3) is 3.91. The van der Waals surface area contributed by atoms with Gasteiger partial charge in [-0.05, 0) is 43.0 Å². The number of hydrogen-bond donors (Lipinski definition) is 2. The van der Waals surface area contributed by atoms with E-state index >= 15 is 0 Å². The molecule has 3 aromatic rings. The Morgan fingerprint density at radius 3 is 2.54 bits per heavy atom. The number of rotatable bonds is 5. The normalized spacial score (nSPS) is 10.8. The number of para-hydroxylation sites is 1. The monoisotopic (exact) mass is 350 g/mol. The van der Waals surface area contributed by atoms with Gasteiger partial charge in [-0.1, -0.05) is 37.2 Å². The number of nitrogens with zero attached hydrogens (tertiary/aromatic N) is 2. The lowest BCUT2D eigenvalue weighted by Crippen LogP contribution is -2.12. The van der Waals surface area contributed by atoms with E-state index in [2.05, 4.69) is 59.7 Å². The lowest BCUT2D eigenvalue weighted by atomic mass is 9.98. The number of carbonyl (C=O) groups is 1. The summed E-state index contributed by atoms with van der Waals surface area (Å²) in [6.07, 6.45) is 1.54. The molecule has 134 valence electrons. The van der Waals surface area contributed by atoms with E-state index in [1.54, 1.807) is 25.1 Å². The van der Waals surface area contributed by atoms with Gasteiger partial charge in [-0.2, -0.15) is 0 Å². The largest absolute Gasteiger partial charge is 0.360 e. The van der Waals surface area contributed by atoms with Crippen molar-refractivity contribution in [3.05, 3.63) is 65.0 Å². The van der Waals surface area contributed by atoms with Gasteiger partial charge in [0.2, 0.25) is 0 Å². The zero-order chi connectivity index (χ0) is 18.7. The van der Waals surface area contributed by atoms with Gasteiger partial charge in [-0.3, -0.25) is 4.79 Å². The zero-order valence-electron chi connectivity index (χ0n) is 15.3. The molecule has 2 aromatic heterocycles. The maximum Gasteiger partial charge on any atom is 0.258 e. The number of anilines is 3. The summed E-state index contributed by atoms with van der Waals surface area (Å²) in [5.74, 6) is 1.83. The topological polar surface area (TPSA) is 80.0 Å². The molecule has 0 aliphatic rings. The molecule has 0 atom stereocenters. The van der Waals surface area contributed by atoms with Crippen molar-refractivity contribution in [2.45, 2.75) is 33.6 Å². The molecular formula is C20H22N4O2. The van der Waals surface area contributed by atoms with Crippen LogP contribution in [0.25, 0.3) is 0 Å². The van der Waals surface area contributed by atoms with Gasteiger partial charge in [0, 0.05) is 18.0 Å². The molecule has 2 heterocycles. The number of aromatic nitrogens is 2. The first-order valence-corrected chi connectivity index (χ1v) is 8.51. The van der Waals surface area contributed by atoms with Crippen LogP contribution >= 0.6 is 0 Å². The van der Waals surface area contributed by atoms with Crippen LogP contribution in [-0.2, 0) is 0 Å². The number of benzene rings is 1.